The molecule has 1 aliphatic rings. The molecule has 3 aromatic rings. The van der Waals surface area contributed by atoms with Crippen LogP contribution in [0.4, 0.5) is 5.69 Å². The third-order valence-corrected chi connectivity index (χ3v) is 6.29. The minimum absolute atomic E-state index is 0.149. The molecule has 33 heavy (non-hydrogen) atoms. The molecule has 0 fully saturated rings. The highest BCUT2D eigenvalue weighted by molar-refractivity contribution is 5.93. The minimum atomic E-state index is -0.955. The average molecular weight is 446 g/mol. The number of rotatable bonds is 8. The predicted molar refractivity (Wildman–Crippen MR) is 131 cm³/mol. The molecule has 6 nitrogen and oxygen atoms in total. The molecule has 1 aromatic heterocycles. The second kappa shape index (κ2) is 10.0. The second-order valence-electron chi connectivity index (χ2n) is 8.59. The maximum Gasteiger partial charge on any atom is 0.337 e. The summed E-state index contributed by atoms with van der Waals surface area (Å²) < 4.78 is 5.78. The van der Waals surface area contributed by atoms with Gasteiger partial charge < -0.3 is 15.2 Å². The van der Waals surface area contributed by atoms with Gasteiger partial charge in [-0.15, -0.1) is 0 Å². The zero-order valence-electron chi connectivity index (χ0n) is 19.5. The molecule has 0 spiro atoms. The number of nitrogens with zero attached hydrogens (tertiary/aromatic N) is 2. The third kappa shape index (κ3) is 5.01. The Kier molecular flexibility index (Phi) is 6.94. The number of anilines is 1. The van der Waals surface area contributed by atoms with E-state index in [0.717, 1.165) is 31.7 Å². The van der Waals surface area contributed by atoms with E-state index in [1.54, 1.807) is 6.20 Å². The number of hydrogen-bond acceptors (Lipinski definition) is 5. The van der Waals surface area contributed by atoms with Gasteiger partial charge in [0.2, 0.25) is 0 Å². The number of likely N-dealkylation sites (N-methyl/N-ethyl adjacent to an activating group) is 1. The Bertz CT molecular complexity index is 1150. The van der Waals surface area contributed by atoms with Crippen molar-refractivity contribution in [1.29, 1.82) is 0 Å². The van der Waals surface area contributed by atoms with Gasteiger partial charge in [-0.25, -0.2) is 4.79 Å². The number of hydrogen-bond donors (Lipinski definition) is 2. The number of ether oxygens (including phenoxy) is 1. The summed E-state index contributed by atoms with van der Waals surface area (Å²) in [6.45, 7) is 6.52. The SMILES string of the molecule is CCCOc1ccc(-c2ccc3c(c2)CCN(C)C3CNc2cnccc2C(=O)O)c(C)c1. The van der Waals surface area contributed by atoms with Crippen LogP contribution in [0.25, 0.3) is 11.1 Å². The lowest BCUT2D eigenvalue weighted by Crippen LogP contribution is -2.36. The lowest BCUT2D eigenvalue weighted by Gasteiger charge is -2.35. The number of carboxylic acids is 1. The number of nitrogens with one attached hydrogen (secondary N) is 1. The molecule has 6 heteroatoms. The summed E-state index contributed by atoms with van der Waals surface area (Å²) in [5, 5.41) is 12.8. The van der Waals surface area contributed by atoms with Gasteiger partial charge in [0.1, 0.15) is 5.75 Å². The second-order valence-corrected chi connectivity index (χ2v) is 8.59. The van der Waals surface area contributed by atoms with Gasteiger partial charge in [0.05, 0.1) is 30.1 Å². The number of carbonyl (C=O) groups is 1. The average Bonchev–Trinajstić information content (AvgIpc) is 2.82. The van der Waals surface area contributed by atoms with Gasteiger partial charge in [-0.2, -0.15) is 0 Å². The standard InChI is InChI=1S/C27H31N3O3/c1-4-13-33-21-6-8-22(18(2)14-21)19-5-7-23-20(15-19)10-12-30(3)26(23)17-29-25-16-28-11-9-24(25)27(31)32/h5-9,11,14-16,26,29H,4,10,12-13,17H2,1-3H3,(H,31,32). The minimum Gasteiger partial charge on any atom is -0.494 e. The monoisotopic (exact) mass is 445 g/mol. The van der Waals surface area contributed by atoms with Crippen LogP contribution in [-0.4, -0.2) is 47.7 Å². The number of pyridine rings is 1. The summed E-state index contributed by atoms with van der Waals surface area (Å²) in [5.74, 6) is -0.0385. The van der Waals surface area contributed by atoms with Gasteiger partial charge in [-0.3, -0.25) is 9.88 Å². The summed E-state index contributed by atoms with van der Waals surface area (Å²) in [4.78, 5) is 17.9. The van der Waals surface area contributed by atoms with E-state index in [0.29, 0.717) is 12.2 Å². The van der Waals surface area contributed by atoms with Gasteiger partial charge in [-0.1, -0.05) is 31.2 Å². The number of benzene rings is 2. The molecule has 0 aliphatic carbocycles. The molecule has 2 N–H and O–H groups in total. The van der Waals surface area contributed by atoms with E-state index in [1.165, 1.54) is 40.1 Å². The highest BCUT2D eigenvalue weighted by Crippen LogP contribution is 2.34. The molecule has 2 aromatic carbocycles. The van der Waals surface area contributed by atoms with Crippen molar-refractivity contribution in [2.75, 3.05) is 32.1 Å². The molecule has 0 radical (unpaired) electrons. The number of carboxylic acid groups (broad SMARTS) is 1. The fourth-order valence-electron chi connectivity index (χ4n) is 4.47. The van der Waals surface area contributed by atoms with Crippen molar-refractivity contribution in [1.82, 2.24) is 9.88 Å². The molecule has 0 amide bonds. The number of aromatic nitrogens is 1. The quantitative estimate of drug-likeness (QED) is 0.497. The fraction of sp³-hybridized carbons (Fsp3) is 0.333. The Morgan fingerprint density at radius 3 is 2.85 bits per heavy atom. The van der Waals surface area contributed by atoms with Crippen molar-refractivity contribution in [2.24, 2.45) is 0 Å². The summed E-state index contributed by atoms with van der Waals surface area (Å²) in [6, 6.07) is 14.7. The largest absolute Gasteiger partial charge is 0.494 e. The van der Waals surface area contributed by atoms with Crippen molar-refractivity contribution in [3.8, 4) is 16.9 Å². The number of aryl methyl sites for hydroxylation is 1. The van der Waals surface area contributed by atoms with Crippen molar-refractivity contribution in [3.05, 3.63) is 77.1 Å². The molecule has 0 saturated carbocycles. The van der Waals surface area contributed by atoms with Crippen molar-refractivity contribution >= 4 is 11.7 Å². The van der Waals surface area contributed by atoms with Crippen molar-refractivity contribution < 1.29 is 14.6 Å². The van der Waals surface area contributed by atoms with Crippen LogP contribution in [0.2, 0.25) is 0 Å². The highest BCUT2D eigenvalue weighted by Gasteiger charge is 2.25. The van der Waals surface area contributed by atoms with Gasteiger partial charge in [0, 0.05) is 19.3 Å². The van der Waals surface area contributed by atoms with E-state index in [4.69, 9.17) is 4.74 Å². The first-order valence-corrected chi connectivity index (χ1v) is 11.5. The van der Waals surface area contributed by atoms with Gasteiger partial charge in [0.25, 0.3) is 0 Å². The summed E-state index contributed by atoms with van der Waals surface area (Å²) in [7, 11) is 2.11. The Morgan fingerprint density at radius 2 is 2.09 bits per heavy atom. The zero-order chi connectivity index (χ0) is 23.4. The third-order valence-electron chi connectivity index (χ3n) is 6.29. The molecule has 0 saturated heterocycles. The molecule has 1 unspecified atom stereocenters. The molecule has 1 aliphatic heterocycles. The predicted octanol–water partition coefficient (Wildman–Crippen LogP) is 5.19. The molecule has 1 atom stereocenters. The van der Waals surface area contributed by atoms with Crippen molar-refractivity contribution in [3.63, 3.8) is 0 Å². The van der Waals surface area contributed by atoms with E-state index in [1.807, 2.05) is 6.07 Å². The first kappa shape index (κ1) is 22.8. The van der Waals surface area contributed by atoms with Crippen LogP contribution in [-0.2, 0) is 6.42 Å². The van der Waals surface area contributed by atoms with E-state index in [2.05, 4.69) is 66.4 Å². The first-order valence-electron chi connectivity index (χ1n) is 11.5. The number of aromatic carboxylic acids is 1. The summed E-state index contributed by atoms with van der Waals surface area (Å²) in [6.07, 6.45) is 5.06. The van der Waals surface area contributed by atoms with E-state index >= 15 is 0 Å². The number of fused-ring (bicyclic) bond motifs is 1. The van der Waals surface area contributed by atoms with E-state index in [-0.39, 0.29) is 11.6 Å². The van der Waals surface area contributed by atoms with Crippen LogP contribution in [0, 0.1) is 6.92 Å². The molecule has 172 valence electrons. The van der Waals surface area contributed by atoms with Crippen LogP contribution in [0.3, 0.4) is 0 Å². The summed E-state index contributed by atoms with van der Waals surface area (Å²) >= 11 is 0. The maximum absolute atomic E-state index is 11.5. The summed E-state index contributed by atoms with van der Waals surface area (Å²) in [5.41, 5.74) is 7.03. The smallest absolute Gasteiger partial charge is 0.337 e. The van der Waals surface area contributed by atoms with Gasteiger partial charge in [0.15, 0.2) is 0 Å². The van der Waals surface area contributed by atoms with E-state index < -0.39 is 5.97 Å². The van der Waals surface area contributed by atoms with Crippen LogP contribution in [0.15, 0.2) is 54.9 Å². The topological polar surface area (TPSA) is 74.7 Å². The normalized spacial score (nSPS) is 15.7. The molecule has 4 rings (SSSR count). The Hall–Kier alpha value is -3.38. The Morgan fingerprint density at radius 1 is 1.24 bits per heavy atom. The van der Waals surface area contributed by atoms with Crippen LogP contribution in [0.1, 0.15) is 46.4 Å². The van der Waals surface area contributed by atoms with Crippen LogP contribution >= 0.6 is 0 Å². The Labute approximate surface area is 195 Å². The zero-order valence-corrected chi connectivity index (χ0v) is 19.5. The Balaban J connectivity index is 1.56. The molecular formula is C27H31N3O3. The highest BCUT2D eigenvalue weighted by atomic mass is 16.5. The molecular weight excluding hydrogens is 414 g/mol. The van der Waals surface area contributed by atoms with E-state index in [9.17, 15) is 9.90 Å². The van der Waals surface area contributed by atoms with Gasteiger partial charge >= 0.3 is 5.97 Å². The molecule has 0 bridgehead atoms. The van der Waals surface area contributed by atoms with Crippen LogP contribution < -0.4 is 10.1 Å². The van der Waals surface area contributed by atoms with Crippen molar-refractivity contribution in [2.45, 2.75) is 32.7 Å². The lowest BCUT2D eigenvalue weighted by molar-refractivity contribution is 0.0697. The molecule has 2 heterocycles. The maximum atomic E-state index is 11.5. The lowest BCUT2D eigenvalue weighted by atomic mass is 9.89. The van der Waals surface area contributed by atoms with Crippen LogP contribution in [0.5, 0.6) is 5.75 Å². The first-order chi connectivity index (χ1) is 16.0. The van der Waals surface area contributed by atoms with Gasteiger partial charge in [-0.05, 0) is 72.8 Å². The fourth-order valence-corrected chi connectivity index (χ4v) is 4.47.